The number of hydrogen-bond acceptors (Lipinski definition) is 4. The lowest BCUT2D eigenvalue weighted by molar-refractivity contribution is 0.0526. The van der Waals surface area contributed by atoms with Crippen molar-refractivity contribution < 1.29 is 9.53 Å². The van der Waals surface area contributed by atoms with E-state index in [9.17, 15) is 4.79 Å². The highest BCUT2D eigenvalue weighted by molar-refractivity contribution is 5.90. The molecule has 1 N–H and O–H groups in total. The summed E-state index contributed by atoms with van der Waals surface area (Å²) in [5, 5.41) is 3.66. The molecule has 2 heterocycles. The Morgan fingerprint density at radius 1 is 1.29 bits per heavy atom. The van der Waals surface area contributed by atoms with E-state index in [2.05, 4.69) is 34.6 Å². The van der Waals surface area contributed by atoms with Gasteiger partial charge in [0.05, 0.1) is 18.2 Å². The zero-order valence-electron chi connectivity index (χ0n) is 13.6. The first-order valence-corrected chi connectivity index (χ1v) is 8.42. The van der Waals surface area contributed by atoms with Crippen LogP contribution in [0.25, 0.3) is 0 Å². The molecule has 1 aliphatic heterocycles. The maximum absolute atomic E-state index is 12.0. The van der Waals surface area contributed by atoms with Gasteiger partial charge in [-0.2, -0.15) is 0 Å². The monoisotopic (exact) mass is 320 g/mol. The minimum absolute atomic E-state index is 0.255. The molecule has 4 heteroatoms. The van der Waals surface area contributed by atoms with E-state index in [1.54, 1.807) is 0 Å². The average molecular weight is 320 g/mol. The van der Waals surface area contributed by atoms with Gasteiger partial charge in [0.2, 0.25) is 0 Å². The highest BCUT2D eigenvalue weighted by Gasteiger charge is 2.38. The molecular formula is C20H20N2O2. The second-order valence-electron chi connectivity index (χ2n) is 6.28. The van der Waals surface area contributed by atoms with Crippen molar-refractivity contribution in [1.29, 1.82) is 0 Å². The number of ether oxygens (including phenoxy) is 1. The Balaban J connectivity index is 1.72. The molecule has 0 saturated heterocycles. The Bertz CT molecular complexity index is 785. The van der Waals surface area contributed by atoms with Crippen LogP contribution >= 0.6 is 0 Å². The van der Waals surface area contributed by atoms with Gasteiger partial charge in [0, 0.05) is 24.0 Å². The molecule has 122 valence electrons. The van der Waals surface area contributed by atoms with Crippen molar-refractivity contribution in [1.82, 2.24) is 4.98 Å². The van der Waals surface area contributed by atoms with E-state index in [0.29, 0.717) is 24.0 Å². The number of hydrogen-bond donors (Lipinski definition) is 1. The molecule has 0 radical (unpaired) electrons. The highest BCUT2D eigenvalue weighted by Crippen LogP contribution is 2.49. The normalized spacial score (nSPS) is 24.0. The van der Waals surface area contributed by atoms with Crippen LogP contribution in [0.3, 0.4) is 0 Å². The topological polar surface area (TPSA) is 51.2 Å². The predicted octanol–water partition coefficient (Wildman–Crippen LogP) is 4.08. The maximum Gasteiger partial charge on any atom is 0.338 e. The number of fused-ring (bicyclic) bond motifs is 3. The van der Waals surface area contributed by atoms with Crippen molar-refractivity contribution >= 4 is 11.7 Å². The van der Waals surface area contributed by atoms with Gasteiger partial charge in [-0.25, -0.2) is 4.79 Å². The standard InChI is InChI=1S/C20H20N2O2/c1-2-24-20(23)14-6-7-18-17(12-14)15-4-3-5-16(15)19(22-18)13-8-10-21-11-9-13/h3-4,6-12,15-16,19,22H,2,5H2,1H3/t15-,16+,19+/m1/s1. The molecule has 1 aromatic carbocycles. The summed E-state index contributed by atoms with van der Waals surface area (Å²) in [5.41, 5.74) is 4.16. The first-order valence-electron chi connectivity index (χ1n) is 8.42. The molecule has 2 aromatic rings. The van der Waals surface area contributed by atoms with E-state index in [4.69, 9.17) is 4.74 Å². The second kappa shape index (κ2) is 6.11. The molecule has 0 saturated carbocycles. The van der Waals surface area contributed by atoms with Crippen molar-refractivity contribution in [3.8, 4) is 0 Å². The maximum atomic E-state index is 12.0. The Kier molecular flexibility index (Phi) is 3.81. The van der Waals surface area contributed by atoms with Crippen LogP contribution in [0, 0.1) is 5.92 Å². The summed E-state index contributed by atoms with van der Waals surface area (Å²) in [6.07, 6.45) is 9.24. The van der Waals surface area contributed by atoms with Crippen LogP contribution in [0.1, 0.15) is 46.8 Å². The summed E-state index contributed by atoms with van der Waals surface area (Å²) >= 11 is 0. The largest absolute Gasteiger partial charge is 0.462 e. The van der Waals surface area contributed by atoms with E-state index in [1.807, 2.05) is 37.5 Å². The number of carbonyl (C=O) groups is 1. The summed E-state index contributed by atoms with van der Waals surface area (Å²) in [7, 11) is 0. The van der Waals surface area contributed by atoms with Crippen LogP contribution < -0.4 is 5.32 Å². The van der Waals surface area contributed by atoms with Crippen molar-refractivity contribution in [2.45, 2.75) is 25.3 Å². The van der Waals surface area contributed by atoms with Gasteiger partial charge in [-0.15, -0.1) is 0 Å². The molecule has 3 atom stereocenters. The van der Waals surface area contributed by atoms with E-state index in [1.165, 1.54) is 11.1 Å². The van der Waals surface area contributed by atoms with E-state index in [0.717, 1.165) is 12.1 Å². The second-order valence-corrected chi connectivity index (χ2v) is 6.28. The van der Waals surface area contributed by atoms with Gasteiger partial charge in [0.15, 0.2) is 0 Å². The number of allylic oxidation sites excluding steroid dienone is 2. The van der Waals surface area contributed by atoms with Crippen molar-refractivity contribution in [3.05, 3.63) is 71.6 Å². The van der Waals surface area contributed by atoms with Crippen LogP contribution in [0.15, 0.2) is 54.9 Å². The van der Waals surface area contributed by atoms with E-state index < -0.39 is 0 Å². The number of carbonyl (C=O) groups excluding carboxylic acids is 1. The van der Waals surface area contributed by atoms with Gasteiger partial charge >= 0.3 is 5.97 Å². The number of rotatable bonds is 3. The third-order valence-corrected chi connectivity index (χ3v) is 4.94. The SMILES string of the molecule is CCOC(=O)c1ccc2c(c1)[C@@H]1C=CC[C@@H]1[C@H](c1ccncc1)N2. The zero-order valence-corrected chi connectivity index (χ0v) is 13.6. The molecule has 4 rings (SSSR count). The minimum Gasteiger partial charge on any atom is -0.462 e. The number of pyridine rings is 1. The predicted molar refractivity (Wildman–Crippen MR) is 93.0 cm³/mol. The first-order chi connectivity index (χ1) is 11.8. The Labute approximate surface area is 141 Å². The summed E-state index contributed by atoms with van der Waals surface area (Å²) in [4.78, 5) is 16.2. The summed E-state index contributed by atoms with van der Waals surface area (Å²) in [5.74, 6) is 0.529. The fourth-order valence-electron chi connectivity index (χ4n) is 3.84. The quantitative estimate of drug-likeness (QED) is 0.684. The number of benzene rings is 1. The van der Waals surface area contributed by atoms with Crippen LogP contribution in [-0.4, -0.2) is 17.6 Å². The van der Waals surface area contributed by atoms with Crippen LogP contribution in [0.2, 0.25) is 0 Å². The number of esters is 1. The fraction of sp³-hybridized carbons (Fsp3) is 0.300. The van der Waals surface area contributed by atoms with Gasteiger partial charge in [-0.3, -0.25) is 4.98 Å². The van der Waals surface area contributed by atoms with Gasteiger partial charge in [-0.1, -0.05) is 12.2 Å². The summed E-state index contributed by atoms with van der Waals surface area (Å²) < 4.78 is 5.14. The first kappa shape index (κ1) is 14.9. The smallest absolute Gasteiger partial charge is 0.338 e. The van der Waals surface area contributed by atoms with Gasteiger partial charge < -0.3 is 10.1 Å². The molecule has 0 amide bonds. The molecule has 0 unspecified atom stereocenters. The van der Waals surface area contributed by atoms with Crippen LogP contribution in [-0.2, 0) is 4.74 Å². The third kappa shape index (κ3) is 2.48. The number of aromatic nitrogens is 1. The molecule has 0 fully saturated rings. The van der Waals surface area contributed by atoms with Gasteiger partial charge in [0.25, 0.3) is 0 Å². The molecule has 2 aliphatic rings. The van der Waals surface area contributed by atoms with Crippen molar-refractivity contribution in [2.75, 3.05) is 11.9 Å². The fourth-order valence-corrected chi connectivity index (χ4v) is 3.84. The number of nitrogens with one attached hydrogen (secondary N) is 1. The lowest BCUT2D eigenvalue weighted by Crippen LogP contribution is -2.29. The van der Waals surface area contributed by atoms with Crippen LogP contribution in [0.5, 0.6) is 0 Å². The van der Waals surface area contributed by atoms with Gasteiger partial charge in [0.1, 0.15) is 0 Å². The van der Waals surface area contributed by atoms with E-state index in [-0.39, 0.29) is 12.0 Å². The highest BCUT2D eigenvalue weighted by atomic mass is 16.5. The molecule has 0 spiro atoms. The molecule has 1 aromatic heterocycles. The molecule has 4 nitrogen and oxygen atoms in total. The lowest BCUT2D eigenvalue weighted by atomic mass is 9.77. The molecule has 1 aliphatic carbocycles. The molecule has 0 bridgehead atoms. The minimum atomic E-state index is -0.255. The third-order valence-electron chi connectivity index (χ3n) is 4.94. The van der Waals surface area contributed by atoms with Gasteiger partial charge in [-0.05, 0) is 60.7 Å². The molecular weight excluding hydrogens is 300 g/mol. The zero-order chi connectivity index (χ0) is 16.5. The van der Waals surface area contributed by atoms with E-state index >= 15 is 0 Å². The average Bonchev–Trinajstić information content (AvgIpc) is 3.11. The lowest BCUT2D eigenvalue weighted by Gasteiger charge is -2.37. The van der Waals surface area contributed by atoms with Crippen molar-refractivity contribution in [3.63, 3.8) is 0 Å². The summed E-state index contributed by atoms with van der Waals surface area (Å²) in [6.45, 7) is 2.22. The van der Waals surface area contributed by atoms with Crippen LogP contribution in [0.4, 0.5) is 5.69 Å². The number of anilines is 1. The Morgan fingerprint density at radius 3 is 2.92 bits per heavy atom. The Morgan fingerprint density at radius 2 is 2.12 bits per heavy atom. The molecule has 24 heavy (non-hydrogen) atoms. The summed E-state index contributed by atoms with van der Waals surface area (Å²) in [6, 6.07) is 10.2. The van der Waals surface area contributed by atoms with Crippen molar-refractivity contribution in [2.24, 2.45) is 5.92 Å². The number of nitrogens with zero attached hydrogens (tertiary/aromatic N) is 1. The Hall–Kier alpha value is -2.62.